The summed E-state index contributed by atoms with van der Waals surface area (Å²) < 4.78 is 8.17. The molecule has 2 heterocycles. The van der Waals surface area contributed by atoms with E-state index in [-0.39, 0.29) is 0 Å². The SMILES string of the molecule is CCc1c(C(=O)C(N)=O)c2c(OCc3ccccc3)cccn2c1Cc1cccc2ccccc12. The highest BCUT2D eigenvalue weighted by Gasteiger charge is 2.28. The highest BCUT2D eigenvalue weighted by Crippen LogP contribution is 2.34. The van der Waals surface area contributed by atoms with Crippen molar-refractivity contribution in [2.75, 3.05) is 0 Å². The van der Waals surface area contributed by atoms with Crippen LogP contribution >= 0.6 is 0 Å². The highest BCUT2D eigenvalue weighted by atomic mass is 16.5. The van der Waals surface area contributed by atoms with Gasteiger partial charge in [-0.15, -0.1) is 0 Å². The zero-order valence-corrected chi connectivity index (χ0v) is 19.5. The number of hydrogen-bond donors (Lipinski definition) is 1. The van der Waals surface area contributed by atoms with E-state index in [1.165, 1.54) is 0 Å². The van der Waals surface area contributed by atoms with Crippen LogP contribution in [-0.4, -0.2) is 16.1 Å². The molecular formula is C30H26N2O3. The molecule has 0 radical (unpaired) electrons. The van der Waals surface area contributed by atoms with Crippen molar-refractivity contribution in [1.29, 1.82) is 0 Å². The van der Waals surface area contributed by atoms with Gasteiger partial charge in [0.15, 0.2) is 0 Å². The van der Waals surface area contributed by atoms with E-state index in [2.05, 4.69) is 24.3 Å². The molecule has 0 spiro atoms. The molecule has 0 bridgehead atoms. The van der Waals surface area contributed by atoms with Crippen molar-refractivity contribution in [2.24, 2.45) is 5.73 Å². The number of Topliss-reactive ketones (excluding diaryl/α,β-unsaturated/α-hetero) is 1. The first-order valence-electron chi connectivity index (χ1n) is 11.7. The van der Waals surface area contributed by atoms with Crippen LogP contribution in [0.25, 0.3) is 16.3 Å². The smallest absolute Gasteiger partial charge is 0.289 e. The summed E-state index contributed by atoms with van der Waals surface area (Å²) in [6, 6.07) is 28.0. The predicted molar refractivity (Wildman–Crippen MR) is 138 cm³/mol. The van der Waals surface area contributed by atoms with Gasteiger partial charge in [0.1, 0.15) is 12.4 Å². The molecule has 1 amide bonds. The summed E-state index contributed by atoms with van der Waals surface area (Å²) in [6.07, 6.45) is 3.09. The number of amides is 1. The molecule has 0 unspecified atom stereocenters. The first-order chi connectivity index (χ1) is 17.1. The Morgan fingerprint density at radius 1 is 0.886 bits per heavy atom. The minimum atomic E-state index is -0.971. The van der Waals surface area contributed by atoms with Crippen LogP contribution in [0.3, 0.4) is 0 Å². The van der Waals surface area contributed by atoms with Gasteiger partial charge in [0.25, 0.3) is 11.7 Å². The number of ketones is 1. The average molecular weight is 463 g/mol. The molecule has 5 heteroatoms. The van der Waals surface area contributed by atoms with E-state index in [1.54, 1.807) is 0 Å². The minimum Gasteiger partial charge on any atom is -0.487 e. The average Bonchev–Trinajstić information content (AvgIpc) is 3.21. The zero-order valence-electron chi connectivity index (χ0n) is 19.5. The molecule has 0 saturated heterocycles. The normalized spacial score (nSPS) is 11.1. The Labute approximate surface area is 203 Å². The molecular weight excluding hydrogens is 436 g/mol. The van der Waals surface area contributed by atoms with Crippen molar-refractivity contribution in [3.05, 3.63) is 119 Å². The Kier molecular flexibility index (Phi) is 6.06. The molecule has 2 N–H and O–H groups in total. The Hall–Kier alpha value is -4.38. The summed E-state index contributed by atoms with van der Waals surface area (Å²) in [5, 5.41) is 2.32. The van der Waals surface area contributed by atoms with E-state index in [4.69, 9.17) is 10.5 Å². The van der Waals surface area contributed by atoms with Crippen LogP contribution in [0.15, 0.2) is 91.1 Å². The maximum atomic E-state index is 13.1. The van der Waals surface area contributed by atoms with E-state index >= 15 is 0 Å². The number of carbonyl (C=O) groups is 2. The number of nitrogens with two attached hydrogens (primary N) is 1. The molecule has 0 atom stereocenters. The fourth-order valence-electron chi connectivity index (χ4n) is 4.81. The summed E-state index contributed by atoms with van der Waals surface area (Å²) in [5.74, 6) is -1.12. The number of aromatic nitrogens is 1. The number of carbonyl (C=O) groups excluding carboxylic acids is 2. The summed E-state index contributed by atoms with van der Waals surface area (Å²) >= 11 is 0. The van der Waals surface area contributed by atoms with Crippen LogP contribution in [0, 0.1) is 0 Å². The van der Waals surface area contributed by atoms with Crippen molar-refractivity contribution in [1.82, 2.24) is 4.40 Å². The monoisotopic (exact) mass is 462 g/mol. The molecule has 35 heavy (non-hydrogen) atoms. The number of rotatable bonds is 8. The van der Waals surface area contributed by atoms with Gasteiger partial charge < -0.3 is 14.9 Å². The van der Waals surface area contributed by atoms with Crippen LogP contribution in [-0.2, 0) is 24.2 Å². The Bertz CT molecular complexity index is 1550. The Balaban J connectivity index is 1.69. The lowest BCUT2D eigenvalue weighted by Crippen LogP contribution is -2.24. The Morgan fingerprint density at radius 3 is 2.40 bits per heavy atom. The third kappa shape index (κ3) is 4.17. The third-order valence-corrected chi connectivity index (χ3v) is 6.41. The Morgan fingerprint density at radius 2 is 1.63 bits per heavy atom. The highest BCUT2D eigenvalue weighted by molar-refractivity contribution is 6.44. The van der Waals surface area contributed by atoms with Crippen LogP contribution in [0.2, 0.25) is 0 Å². The molecule has 5 aromatic rings. The van der Waals surface area contributed by atoms with Gasteiger partial charge in [0, 0.05) is 18.3 Å². The van der Waals surface area contributed by atoms with E-state index in [1.807, 2.05) is 78.2 Å². The van der Waals surface area contributed by atoms with Crippen LogP contribution < -0.4 is 10.5 Å². The van der Waals surface area contributed by atoms with Gasteiger partial charge in [-0.05, 0) is 46.0 Å². The molecule has 0 aliphatic carbocycles. The van der Waals surface area contributed by atoms with Crippen molar-refractivity contribution in [3.8, 4) is 5.75 Å². The standard InChI is InChI=1S/C30H26N2O3/c1-2-23-25(18-22-14-8-13-21-12-6-7-15-24(21)22)32-17-9-16-26(28(32)27(23)29(33)30(31)34)35-19-20-10-4-3-5-11-20/h3-17H,2,18-19H2,1H3,(H2,31,34). The second-order valence-electron chi connectivity index (χ2n) is 8.53. The van der Waals surface area contributed by atoms with E-state index < -0.39 is 11.7 Å². The molecule has 0 fully saturated rings. The number of hydrogen-bond acceptors (Lipinski definition) is 3. The van der Waals surface area contributed by atoms with E-state index in [0.29, 0.717) is 36.3 Å². The molecule has 0 aliphatic rings. The quantitative estimate of drug-likeness (QED) is 0.245. The summed E-state index contributed by atoms with van der Waals surface area (Å²) in [4.78, 5) is 25.2. The topological polar surface area (TPSA) is 73.8 Å². The van der Waals surface area contributed by atoms with Gasteiger partial charge in [-0.2, -0.15) is 0 Å². The van der Waals surface area contributed by atoms with Crippen molar-refractivity contribution >= 4 is 28.0 Å². The van der Waals surface area contributed by atoms with Crippen molar-refractivity contribution < 1.29 is 14.3 Å². The molecule has 0 aliphatic heterocycles. The van der Waals surface area contributed by atoms with Gasteiger partial charge in [-0.1, -0.05) is 79.7 Å². The molecule has 174 valence electrons. The van der Waals surface area contributed by atoms with Crippen molar-refractivity contribution in [3.63, 3.8) is 0 Å². The van der Waals surface area contributed by atoms with Crippen LogP contribution in [0.5, 0.6) is 5.75 Å². The molecule has 3 aromatic carbocycles. The van der Waals surface area contributed by atoms with E-state index in [0.717, 1.165) is 33.2 Å². The van der Waals surface area contributed by atoms with Gasteiger partial charge >= 0.3 is 0 Å². The maximum absolute atomic E-state index is 13.1. The second kappa shape index (κ2) is 9.47. The van der Waals surface area contributed by atoms with Gasteiger partial charge in [-0.3, -0.25) is 9.59 Å². The first-order valence-corrected chi connectivity index (χ1v) is 11.7. The summed E-state index contributed by atoms with van der Waals surface area (Å²) in [5.41, 5.74) is 10.3. The molecule has 0 saturated carbocycles. The second-order valence-corrected chi connectivity index (χ2v) is 8.53. The number of benzene rings is 3. The van der Waals surface area contributed by atoms with Crippen LogP contribution in [0.1, 0.15) is 39.7 Å². The number of ether oxygens (including phenoxy) is 1. The minimum absolute atomic E-state index is 0.332. The number of nitrogens with zero attached hydrogens (tertiary/aromatic N) is 1. The lowest BCUT2D eigenvalue weighted by molar-refractivity contribution is -0.114. The first kappa shape index (κ1) is 22.4. The number of fused-ring (bicyclic) bond motifs is 2. The van der Waals surface area contributed by atoms with Crippen LogP contribution in [0.4, 0.5) is 0 Å². The lowest BCUT2D eigenvalue weighted by atomic mass is 9.96. The lowest BCUT2D eigenvalue weighted by Gasteiger charge is -2.11. The zero-order chi connectivity index (χ0) is 24.4. The van der Waals surface area contributed by atoms with Crippen molar-refractivity contribution in [2.45, 2.75) is 26.4 Å². The van der Waals surface area contributed by atoms with Gasteiger partial charge in [0.2, 0.25) is 0 Å². The van der Waals surface area contributed by atoms with E-state index in [9.17, 15) is 9.59 Å². The summed E-state index contributed by atoms with van der Waals surface area (Å²) in [6.45, 7) is 2.33. The molecule has 2 aromatic heterocycles. The number of pyridine rings is 1. The fraction of sp³-hybridized carbons (Fsp3) is 0.133. The molecule has 5 nitrogen and oxygen atoms in total. The predicted octanol–water partition coefficient (Wildman–Crippen LogP) is 5.49. The number of primary amides is 1. The van der Waals surface area contributed by atoms with Gasteiger partial charge in [0.05, 0.1) is 11.1 Å². The fourth-order valence-corrected chi connectivity index (χ4v) is 4.81. The third-order valence-electron chi connectivity index (χ3n) is 6.41. The van der Waals surface area contributed by atoms with Gasteiger partial charge in [-0.25, -0.2) is 0 Å². The largest absolute Gasteiger partial charge is 0.487 e. The summed E-state index contributed by atoms with van der Waals surface area (Å²) in [7, 11) is 0. The molecule has 5 rings (SSSR count). The maximum Gasteiger partial charge on any atom is 0.289 e.